The van der Waals surface area contributed by atoms with Crippen LogP contribution in [-0.4, -0.2) is 70.7 Å². The van der Waals surface area contributed by atoms with E-state index in [4.69, 9.17) is 29.0 Å². The number of hydrogen-bond acceptors (Lipinski definition) is 9. The normalized spacial score (nSPS) is 17.4. The summed E-state index contributed by atoms with van der Waals surface area (Å²) in [7, 11) is 1.20. The summed E-state index contributed by atoms with van der Waals surface area (Å²) in [5, 5.41) is 7.16. The van der Waals surface area contributed by atoms with Crippen LogP contribution < -0.4 is 19.0 Å². The fourth-order valence-electron chi connectivity index (χ4n) is 5.20. The maximum atomic E-state index is 13.1. The molecule has 0 unspecified atom stereocenters. The zero-order valence-corrected chi connectivity index (χ0v) is 26.0. The molecule has 2 fully saturated rings. The average molecular weight is 615 g/mol. The predicted octanol–water partition coefficient (Wildman–Crippen LogP) is 5.44. The lowest BCUT2D eigenvalue weighted by atomic mass is 9.99. The van der Waals surface area contributed by atoms with Crippen molar-refractivity contribution in [1.29, 1.82) is 0 Å². The Kier molecular flexibility index (Phi) is 9.99. The van der Waals surface area contributed by atoms with Gasteiger partial charge in [-0.3, -0.25) is 0 Å². The molecule has 0 spiro atoms. The minimum Gasteiger partial charge on any atom is -0.493 e. The van der Waals surface area contributed by atoms with Gasteiger partial charge in [0.25, 0.3) is 0 Å². The third-order valence-electron chi connectivity index (χ3n) is 7.49. The highest BCUT2D eigenvalue weighted by molar-refractivity contribution is 7.89. The summed E-state index contributed by atoms with van der Waals surface area (Å²) in [5.41, 5.74) is 3.49. The van der Waals surface area contributed by atoms with Crippen LogP contribution in [0.15, 0.2) is 56.8 Å². The summed E-state index contributed by atoms with van der Waals surface area (Å²) >= 11 is 1.47. The first-order chi connectivity index (χ1) is 20.4. The Bertz CT molecular complexity index is 1540. The van der Waals surface area contributed by atoms with Crippen molar-refractivity contribution >= 4 is 32.8 Å². The van der Waals surface area contributed by atoms with Crippen molar-refractivity contribution in [3.63, 3.8) is 0 Å². The molecule has 2 heterocycles. The summed E-state index contributed by atoms with van der Waals surface area (Å²) in [4.78, 5) is 5.83. The first-order valence-corrected chi connectivity index (χ1v) is 16.6. The molecule has 1 aliphatic heterocycles. The van der Waals surface area contributed by atoms with E-state index in [-0.39, 0.29) is 4.90 Å². The number of aromatic nitrogens is 1. The Morgan fingerprint density at radius 1 is 0.857 bits per heavy atom. The molecular weight excluding hydrogens is 576 g/mol. The summed E-state index contributed by atoms with van der Waals surface area (Å²) < 4.78 is 51.6. The minimum absolute atomic E-state index is 0.246. The number of sulfonamides is 1. The van der Waals surface area contributed by atoms with Gasteiger partial charge in [-0.05, 0) is 62.1 Å². The van der Waals surface area contributed by atoms with Gasteiger partial charge in [0, 0.05) is 29.7 Å². The third kappa shape index (κ3) is 6.72. The van der Waals surface area contributed by atoms with Crippen molar-refractivity contribution in [2.24, 2.45) is 10.1 Å². The zero-order valence-electron chi connectivity index (χ0n) is 24.4. The van der Waals surface area contributed by atoms with Crippen LogP contribution in [-0.2, 0) is 14.8 Å². The predicted molar refractivity (Wildman–Crippen MR) is 164 cm³/mol. The quantitative estimate of drug-likeness (QED) is 0.335. The van der Waals surface area contributed by atoms with Gasteiger partial charge in [-0.25, -0.2) is 18.1 Å². The average Bonchev–Trinajstić information content (AvgIpc) is 3.39. The van der Waals surface area contributed by atoms with Crippen molar-refractivity contribution in [1.82, 2.24) is 8.98 Å². The van der Waals surface area contributed by atoms with E-state index in [2.05, 4.69) is 0 Å². The molecule has 5 rings (SSSR count). The molecule has 2 aromatic carbocycles. The van der Waals surface area contributed by atoms with Crippen LogP contribution in [0, 0.1) is 0 Å². The fourth-order valence-corrected chi connectivity index (χ4v) is 7.45. The van der Waals surface area contributed by atoms with Gasteiger partial charge in [-0.1, -0.05) is 19.3 Å². The molecule has 42 heavy (non-hydrogen) atoms. The number of methoxy groups -OCH3 is 3. The van der Waals surface area contributed by atoms with Gasteiger partial charge in [0.05, 0.1) is 50.8 Å². The largest absolute Gasteiger partial charge is 0.493 e. The van der Waals surface area contributed by atoms with Gasteiger partial charge in [0.1, 0.15) is 0 Å². The summed E-state index contributed by atoms with van der Waals surface area (Å²) in [6, 6.07) is 10.5. The molecule has 3 aromatic rings. The molecule has 0 amide bonds. The molecule has 12 heteroatoms. The smallest absolute Gasteiger partial charge is 0.243 e. The Morgan fingerprint density at radius 3 is 2.07 bits per heavy atom. The lowest BCUT2D eigenvalue weighted by Crippen LogP contribution is -2.40. The van der Waals surface area contributed by atoms with Crippen LogP contribution in [0.5, 0.6) is 17.2 Å². The number of morpholine rings is 1. The Hall–Kier alpha value is -3.19. The van der Waals surface area contributed by atoms with Gasteiger partial charge in [-0.15, -0.1) is 11.3 Å². The summed E-state index contributed by atoms with van der Waals surface area (Å²) in [6.45, 7) is 1.52. The van der Waals surface area contributed by atoms with E-state index < -0.39 is 10.0 Å². The lowest BCUT2D eigenvalue weighted by Gasteiger charge is -2.26. The van der Waals surface area contributed by atoms with E-state index in [1.165, 1.54) is 34.9 Å². The van der Waals surface area contributed by atoms with Crippen molar-refractivity contribution in [3.05, 3.63) is 46.6 Å². The van der Waals surface area contributed by atoms with Crippen LogP contribution in [0.1, 0.15) is 44.9 Å². The lowest BCUT2D eigenvalue weighted by molar-refractivity contribution is 0.0730. The maximum Gasteiger partial charge on any atom is 0.243 e. The third-order valence-corrected chi connectivity index (χ3v) is 10.2. The number of ether oxygens (including phenoxy) is 4. The molecule has 0 bridgehead atoms. The Labute approximate surface area is 251 Å². The van der Waals surface area contributed by atoms with Crippen LogP contribution in [0.4, 0.5) is 5.69 Å². The Balaban J connectivity index is 1.57. The van der Waals surface area contributed by atoms with Crippen LogP contribution in [0.25, 0.3) is 11.3 Å². The summed E-state index contributed by atoms with van der Waals surface area (Å²) in [6.07, 6.45) is 7.83. The molecule has 0 atom stereocenters. The summed E-state index contributed by atoms with van der Waals surface area (Å²) in [5.74, 6) is 1.63. The molecule has 1 aromatic heterocycles. The molecular formula is C30H38N4O6S2. The van der Waals surface area contributed by atoms with E-state index in [0.29, 0.717) is 54.0 Å². The first-order valence-electron chi connectivity index (χ1n) is 14.2. The van der Waals surface area contributed by atoms with E-state index >= 15 is 0 Å². The van der Waals surface area contributed by atoms with E-state index in [9.17, 15) is 8.42 Å². The van der Waals surface area contributed by atoms with E-state index in [0.717, 1.165) is 42.7 Å². The number of hydrogen-bond donors (Lipinski definition) is 0. The second-order valence-corrected chi connectivity index (χ2v) is 13.0. The molecule has 0 N–H and O–H groups in total. The molecule has 10 nitrogen and oxygen atoms in total. The second kappa shape index (κ2) is 13.9. The van der Waals surface area contributed by atoms with Crippen molar-refractivity contribution < 1.29 is 27.4 Å². The standard InChI is InChI=1S/C30H38N4O6S2/c1-37-27-19-22(20-28(38-2)29(27)39-3)26-21-41-30(34(26)32-24-9-7-5-4-6-8-10-24)31-23-11-13-25(14-12-23)42(35,36)33-15-17-40-18-16-33/h11-14,19-21H,4-10,15-18H2,1-3H3. The highest BCUT2D eigenvalue weighted by atomic mass is 32.2. The van der Waals surface area contributed by atoms with Gasteiger partial charge in [0.2, 0.25) is 20.6 Å². The highest BCUT2D eigenvalue weighted by Crippen LogP contribution is 2.41. The molecule has 0 radical (unpaired) electrons. The first kappa shape index (κ1) is 30.3. The Morgan fingerprint density at radius 2 is 1.48 bits per heavy atom. The minimum atomic E-state index is -3.58. The van der Waals surface area contributed by atoms with Gasteiger partial charge in [-0.2, -0.15) is 9.41 Å². The number of thiazole rings is 1. The van der Waals surface area contributed by atoms with Crippen molar-refractivity contribution in [2.75, 3.05) is 47.6 Å². The maximum absolute atomic E-state index is 13.1. The molecule has 2 aliphatic rings. The number of rotatable bonds is 8. The SMILES string of the molecule is COc1cc(-c2csc(=Nc3ccc(S(=O)(=O)N4CCOCC4)cc3)n2N=C2CCCCCCC2)cc(OC)c1OC. The molecule has 1 saturated carbocycles. The van der Waals surface area contributed by atoms with Crippen molar-refractivity contribution in [3.8, 4) is 28.5 Å². The van der Waals surface area contributed by atoms with E-state index in [1.54, 1.807) is 45.6 Å². The number of nitrogens with zero attached hydrogens (tertiary/aromatic N) is 4. The molecule has 1 saturated heterocycles. The topological polar surface area (TPSA) is 104 Å². The monoisotopic (exact) mass is 614 g/mol. The second-order valence-electron chi connectivity index (χ2n) is 10.2. The highest BCUT2D eigenvalue weighted by Gasteiger charge is 2.26. The van der Waals surface area contributed by atoms with Gasteiger partial charge < -0.3 is 18.9 Å². The number of benzene rings is 2. The fraction of sp³-hybridized carbons (Fsp3) is 0.467. The van der Waals surface area contributed by atoms with Gasteiger partial charge >= 0.3 is 0 Å². The van der Waals surface area contributed by atoms with E-state index in [1.807, 2.05) is 22.2 Å². The molecule has 226 valence electrons. The van der Waals surface area contributed by atoms with Crippen LogP contribution >= 0.6 is 11.3 Å². The van der Waals surface area contributed by atoms with Crippen LogP contribution in [0.3, 0.4) is 0 Å². The van der Waals surface area contributed by atoms with Crippen molar-refractivity contribution in [2.45, 2.75) is 49.8 Å². The van der Waals surface area contributed by atoms with Gasteiger partial charge in [0.15, 0.2) is 11.5 Å². The molecule has 1 aliphatic carbocycles. The van der Waals surface area contributed by atoms with Crippen LogP contribution in [0.2, 0.25) is 0 Å². The zero-order chi connectivity index (χ0) is 29.5.